The van der Waals surface area contributed by atoms with Crippen molar-refractivity contribution in [1.29, 1.82) is 0 Å². The number of rotatable bonds is 2. The lowest BCUT2D eigenvalue weighted by Crippen LogP contribution is -2.28. The summed E-state index contributed by atoms with van der Waals surface area (Å²) < 4.78 is 0. The number of benzene rings is 2. The maximum absolute atomic E-state index is 13.1. The van der Waals surface area contributed by atoms with Gasteiger partial charge in [-0.3, -0.25) is 9.78 Å². The van der Waals surface area contributed by atoms with Crippen LogP contribution in [0.1, 0.15) is 47.6 Å². The van der Waals surface area contributed by atoms with Gasteiger partial charge in [0.1, 0.15) is 0 Å². The third-order valence-electron chi connectivity index (χ3n) is 5.58. The molecule has 2 aromatic carbocycles. The fraction of sp³-hybridized carbons (Fsp3) is 0.250. The Morgan fingerprint density at radius 2 is 1.74 bits per heavy atom. The summed E-state index contributed by atoms with van der Waals surface area (Å²) in [6.45, 7) is 4.32. The lowest BCUT2D eigenvalue weighted by Gasteiger charge is -2.30. The summed E-state index contributed by atoms with van der Waals surface area (Å²) in [4.78, 5) is 21.6. The number of ketones is 1. The van der Waals surface area contributed by atoms with Crippen LogP contribution in [0, 0.1) is 5.41 Å². The number of nitrogens with zero attached hydrogens (tertiary/aromatic N) is 1. The molecule has 0 aliphatic heterocycles. The van der Waals surface area contributed by atoms with Crippen LogP contribution in [0.4, 0.5) is 0 Å². The number of Topliss-reactive ketones (excluding diaryl/α,β-unsaturated/α-hetero) is 1. The van der Waals surface area contributed by atoms with E-state index < -0.39 is 0 Å². The van der Waals surface area contributed by atoms with E-state index in [0.717, 1.165) is 51.6 Å². The van der Waals surface area contributed by atoms with Gasteiger partial charge in [-0.05, 0) is 23.5 Å². The van der Waals surface area contributed by atoms with Crippen LogP contribution < -0.4 is 0 Å². The Hall–Kier alpha value is -2.94. The molecule has 1 aliphatic rings. The molecule has 3 heteroatoms. The quantitative estimate of drug-likeness (QED) is 0.519. The van der Waals surface area contributed by atoms with Gasteiger partial charge in [-0.2, -0.15) is 0 Å². The van der Waals surface area contributed by atoms with Crippen LogP contribution in [-0.4, -0.2) is 15.8 Å². The van der Waals surface area contributed by atoms with Crippen LogP contribution in [0.25, 0.3) is 21.8 Å². The normalized spacial score (nSPS) is 16.0. The van der Waals surface area contributed by atoms with E-state index in [4.69, 9.17) is 4.98 Å². The summed E-state index contributed by atoms with van der Waals surface area (Å²) in [6.07, 6.45) is 2.17. The highest BCUT2D eigenvalue weighted by molar-refractivity contribution is 6.19. The van der Waals surface area contributed by atoms with E-state index in [1.807, 2.05) is 18.2 Å². The molecule has 5 rings (SSSR count). The second-order valence-corrected chi connectivity index (χ2v) is 8.40. The van der Waals surface area contributed by atoms with Crippen molar-refractivity contribution >= 4 is 27.6 Å². The SMILES string of the molecule is CC1(C)CC(=O)c2c(nc(Cc3ccccc3)c3[nH]c4ccccc4c23)C1. The van der Waals surface area contributed by atoms with Crippen molar-refractivity contribution in [2.45, 2.75) is 33.1 Å². The number of carbonyl (C=O) groups excluding carboxylic acids is 1. The highest BCUT2D eigenvalue weighted by atomic mass is 16.1. The largest absolute Gasteiger partial charge is 0.353 e. The summed E-state index contributed by atoms with van der Waals surface area (Å²) in [6, 6.07) is 18.7. The van der Waals surface area contributed by atoms with Gasteiger partial charge in [-0.15, -0.1) is 0 Å². The second-order valence-electron chi connectivity index (χ2n) is 8.40. The van der Waals surface area contributed by atoms with Crippen molar-refractivity contribution in [3.8, 4) is 0 Å². The minimum absolute atomic E-state index is 0.0408. The standard InChI is InChI=1S/C24H22N2O/c1-24(2)13-19-22(20(27)14-24)21-16-10-6-7-11-17(16)26-23(21)18(25-19)12-15-8-4-3-5-9-15/h3-11,26H,12-14H2,1-2H3. The fourth-order valence-corrected chi connectivity index (χ4v) is 4.42. The van der Waals surface area contributed by atoms with Crippen molar-refractivity contribution in [2.24, 2.45) is 5.41 Å². The molecule has 1 aliphatic carbocycles. The predicted molar refractivity (Wildman–Crippen MR) is 109 cm³/mol. The van der Waals surface area contributed by atoms with E-state index in [0.29, 0.717) is 6.42 Å². The first-order valence-corrected chi connectivity index (χ1v) is 9.51. The molecule has 0 atom stereocenters. The molecular formula is C24H22N2O. The van der Waals surface area contributed by atoms with Crippen LogP contribution >= 0.6 is 0 Å². The lowest BCUT2D eigenvalue weighted by atomic mass is 9.74. The maximum Gasteiger partial charge on any atom is 0.165 e. The summed E-state index contributed by atoms with van der Waals surface area (Å²) in [5.41, 5.74) is 6.07. The molecule has 0 unspecified atom stereocenters. The van der Waals surface area contributed by atoms with Gasteiger partial charge in [0.2, 0.25) is 0 Å². The topological polar surface area (TPSA) is 45.8 Å². The van der Waals surface area contributed by atoms with Crippen molar-refractivity contribution in [3.63, 3.8) is 0 Å². The Morgan fingerprint density at radius 1 is 1.00 bits per heavy atom. The third kappa shape index (κ3) is 2.66. The third-order valence-corrected chi connectivity index (χ3v) is 5.58. The molecule has 2 aromatic heterocycles. The van der Waals surface area contributed by atoms with Gasteiger partial charge in [0.05, 0.1) is 16.9 Å². The molecule has 2 heterocycles. The Bertz CT molecular complexity index is 1190. The molecular weight excluding hydrogens is 332 g/mol. The van der Waals surface area contributed by atoms with E-state index in [-0.39, 0.29) is 11.2 Å². The van der Waals surface area contributed by atoms with Crippen molar-refractivity contribution in [3.05, 3.63) is 77.1 Å². The predicted octanol–water partition coefficient (Wildman–Crippen LogP) is 5.46. The van der Waals surface area contributed by atoms with Crippen LogP contribution in [0.5, 0.6) is 0 Å². The molecule has 0 saturated carbocycles. The van der Waals surface area contributed by atoms with Gasteiger partial charge in [0, 0.05) is 34.7 Å². The zero-order chi connectivity index (χ0) is 18.6. The van der Waals surface area contributed by atoms with Gasteiger partial charge in [0.15, 0.2) is 5.78 Å². The summed E-state index contributed by atoms with van der Waals surface area (Å²) in [5.74, 6) is 0.217. The van der Waals surface area contributed by atoms with Gasteiger partial charge < -0.3 is 4.98 Å². The number of nitrogens with one attached hydrogen (secondary N) is 1. The molecule has 0 spiro atoms. The lowest BCUT2D eigenvalue weighted by molar-refractivity contribution is 0.0912. The average Bonchev–Trinajstić information content (AvgIpc) is 3.01. The van der Waals surface area contributed by atoms with Crippen molar-refractivity contribution in [1.82, 2.24) is 9.97 Å². The Morgan fingerprint density at radius 3 is 2.56 bits per heavy atom. The number of fused-ring (bicyclic) bond motifs is 5. The number of aromatic nitrogens is 2. The first-order valence-electron chi connectivity index (χ1n) is 9.51. The van der Waals surface area contributed by atoms with E-state index in [9.17, 15) is 4.79 Å². The first kappa shape index (κ1) is 16.2. The van der Waals surface area contributed by atoms with Crippen LogP contribution in [0.15, 0.2) is 54.6 Å². The molecule has 134 valence electrons. The first-order chi connectivity index (χ1) is 13.0. The van der Waals surface area contributed by atoms with Gasteiger partial charge in [-0.1, -0.05) is 62.4 Å². The Kier molecular flexibility index (Phi) is 3.48. The molecule has 4 aromatic rings. The van der Waals surface area contributed by atoms with Crippen LogP contribution in [0.3, 0.4) is 0 Å². The molecule has 0 amide bonds. The Labute approximate surface area is 158 Å². The maximum atomic E-state index is 13.1. The average molecular weight is 354 g/mol. The minimum atomic E-state index is -0.0408. The highest BCUT2D eigenvalue weighted by Crippen LogP contribution is 2.40. The molecule has 27 heavy (non-hydrogen) atoms. The van der Waals surface area contributed by atoms with Crippen LogP contribution in [-0.2, 0) is 12.8 Å². The van der Waals surface area contributed by atoms with Crippen molar-refractivity contribution in [2.75, 3.05) is 0 Å². The number of hydrogen-bond acceptors (Lipinski definition) is 2. The molecule has 3 nitrogen and oxygen atoms in total. The summed E-state index contributed by atoms with van der Waals surface area (Å²) in [7, 11) is 0. The molecule has 1 N–H and O–H groups in total. The number of pyridine rings is 1. The zero-order valence-electron chi connectivity index (χ0n) is 15.7. The molecule has 0 radical (unpaired) electrons. The zero-order valence-corrected chi connectivity index (χ0v) is 15.7. The monoisotopic (exact) mass is 354 g/mol. The fourth-order valence-electron chi connectivity index (χ4n) is 4.42. The van der Waals surface area contributed by atoms with Gasteiger partial charge in [-0.25, -0.2) is 0 Å². The highest BCUT2D eigenvalue weighted by Gasteiger charge is 2.34. The van der Waals surface area contributed by atoms with E-state index >= 15 is 0 Å². The van der Waals surface area contributed by atoms with E-state index in [2.05, 4.69) is 55.2 Å². The van der Waals surface area contributed by atoms with Gasteiger partial charge in [0.25, 0.3) is 0 Å². The number of aromatic amines is 1. The van der Waals surface area contributed by atoms with E-state index in [1.54, 1.807) is 0 Å². The number of para-hydroxylation sites is 1. The van der Waals surface area contributed by atoms with Crippen LogP contribution in [0.2, 0.25) is 0 Å². The number of hydrogen-bond donors (Lipinski definition) is 1. The van der Waals surface area contributed by atoms with Crippen molar-refractivity contribution < 1.29 is 4.79 Å². The molecule has 0 fully saturated rings. The molecule has 0 bridgehead atoms. The molecule has 0 saturated heterocycles. The minimum Gasteiger partial charge on any atom is -0.353 e. The Balaban J connectivity index is 1.83. The summed E-state index contributed by atoms with van der Waals surface area (Å²) >= 11 is 0. The smallest absolute Gasteiger partial charge is 0.165 e. The summed E-state index contributed by atoms with van der Waals surface area (Å²) in [5, 5.41) is 2.18. The second kappa shape index (κ2) is 5.78. The van der Waals surface area contributed by atoms with E-state index in [1.165, 1.54) is 5.56 Å². The van der Waals surface area contributed by atoms with Gasteiger partial charge >= 0.3 is 0 Å². The number of carbonyl (C=O) groups is 1. The number of H-pyrrole nitrogens is 1.